The van der Waals surface area contributed by atoms with Crippen LogP contribution < -0.4 is 9.47 Å². The molecule has 1 aromatic carbocycles. The fourth-order valence-corrected chi connectivity index (χ4v) is 1.44. The van der Waals surface area contributed by atoms with Crippen molar-refractivity contribution in [1.29, 1.82) is 0 Å². The summed E-state index contributed by atoms with van der Waals surface area (Å²) in [5.74, 6) is 0.272. The van der Waals surface area contributed by atoms with E-state index in [-0.39, 0.29) is 11.6 Å². The van der Waals surface area contributed by atoms with Crippen molar-refractivity contribution in [2.24, 2.45) is 0 Å². The van der Waals surface area contributed by atoms with Crippen LogP contribution in [0.5, 0.6) is 17.4 Å². The Labute approximate surface area is 116 Å². The van der Waals surface area contributed by atoms with Gasteiger partial charge < -0.3 is 14.6 Å². The number of benzene rings is 1. The molecule has 0 aliphatic rings. The Morgan fingerprint density at radius 2 is 1.90 bits per heavy atom. The molecule has 104 valence electrons. The molecular formula is C14H14N2O4. The Hall–Kier alpha value is -2.63. The van der Waals surface area contributed by atoms with Crippen LogP contribution >= 0.6 is 0 Å². The van der Waals surface area contributed by atoms with Crippen molar-refractivity contribution in [2.45, 2.75) is 13.3 Å². The standard InChI is InChI=1S/C14H14N2O4/c1-2-7-19-10-3-5-11(6-4-10)20-13-9-15-8-12(16-13)14(17)18/h3-6,8-9H,2,7H2,1H3,(H,17,18). The monoisotopic (exact) mass is 274 g/mol. The van der Waals surface area contributed by atoms with E-state index < -0.39 is 5.97 Å². The first-order chi connectivity index (χ1) is 9.69. The maximum atomic E-state index is 10.8. The lowest BCUT2D eigenvalue weighted by Gasteiger charge is -2.07. The number of aromatic nitrogens is 2. The van der Waals surface area contributed by atoms with E-state index in [9.17, 15) is 4.79 Å². The van der Waals surface area contributed by atoms with Gasteiger partial charge in [0.25, 0.3) is 0 Å². The molecule has 0 aliphatic carbocycles. The van der Waals surface area contributed by atoms with Crippen LogP contribution in [0.25, 0.3) is 0 Å². The molecule has 0 radical (unpaired) electrons. The summed E-state index contributed by atoms with van der Waals surface area (Å²) in [6.07, 6.45) is 3.46. The average Bonchev–Trinajstić information content (AvgIpc) is 2.47. The van der Waals surface area contributed by atoms with Gasteiger partial charge >= 0.3 is 5.97 Å². The number of carboxylic acids is 1. The van der Waals surface area contributed by atoms with Gasteiger partial charge in [0.2, 0.25) is 5.88 Å². The van der Waals surface area contributed by atoms with Crippen molar-refractivity contribution in [3.63, 3.8) is 0 Å². The minimum absolute atomic E-state index is 0.132. The van der Waals surface area contributed by atoms with Gasteiger partial charge in [0.1, 0.15) is 11.5 Å². The lowest BCUT2D eigenvalue weighted by atomic mass is 10.3. The van der Waals surface area contributed by atoms with E-state index in [0.717, 1.165) is 18.4 Å². The summed E-state index contributed by atoms with van der Waals surface area (Å²) < 4.78 is 10.9. The topological polar surface area (TPSA) is 81.5 Å². The lowest BCUT2D eigenvalue weighted by molar-refractivity contribution is 0.0689. The van der Waals surface area contributed by atoms with Crippen LogP contribution in [-0.2, 0) is 0 Å². The first-order valence-electron chi connectivity index (χ1n) is 6.15. The van der Waals surface area contributed by atoms with Gasteiger partial charge in [-0.05, 0) is 30.7 Å². The number of nitrogens with zero attached hydrogens (tertiary/aromatic N) is 2. The third kappa shape index (κ3) is 3.68. The first-order valence-corrected chi connectivity index (χ1v) is 6.15. The van der Waals surface area contributed by atoms with Gasteiger partial charge in [0, 0.05) is 0 Å². The Morgan fingerprint density at radius 1 is 1.20 bits per heavy atom. The summed E-state index contributed by atoms with van der Waals surface area (Å²) in [5, 5.41) is 8.82. The molecule has 0 bridgehead atoms. The summed E-state index contributed by atoms with van der Waals surface area (Å²) in [6.45, 7) is 2.69. The van der Waals surface area contributed by atoms with Gasteiger partial charge in [0.15, 0.2) is 5.69 Å². The number of hydrogen-bond donors (Lipinski definition) is 1. The molecule has 1 N–H and O–H groups in total. The maximum absolute atomic E-state index is 10.8. The second-order valence-electron chi connectivity index (χ2n) is 3.97. The van der Waals surface area contributed by atoms with Gasteiger partial charge in [-0.25, -0.2) is 9.78 Å². The lowest BCUT2D eigenvalue weighted by Crippen LogP contribution is -2.02. The van der Waals surface area contributed by atoms with E-state index in [1.807, 2.05) is 6.92 Å². The zero-order valence-corrected chi connectivity index (χ0v) is 10.9. The van der Waals surface area contributed by atoms with E-state index in [4.69, 9.17) is 14.6 Å². The average molecular weight is 274 g/mol. The van der Waals surface area contributed by atoms with Crippen LogP contribution in [-0.4, -0.2) is 27.7 Å². The molecule has 0 aliphatic heterocycles. The molecule has 6 nitrogen and oxygen atoms in total. The quantitative estimate of drug-likeness (QED) is 0.872. The number of ether oxygens (including phenoxy) is 2. The van der Waals surface area contributed by atoms with Gasteiger partial charge in [0.05, 0.1) is 19.0 Å². The van der Waals surface area contributed by atoms with Crippen LogP contribution in [0.4, 0.5) is 0 Å². The normalized spacial score (nSPS) is 10.1. The van der Waals surface area contributed by atoms with Gasteiger partial charge in [-0.1, -0.05) is 6.92 Å². The van der Waals surface area contributed by atoms with Crippen LogP contribution in [0, 0.1) is 0 Å². The van der Waals surface area contributed by atoms with Crippen molar-refractivity contribution in [2.75, 3.05) is 6.61 Å². The summed E-state index contributed by atoms with van der Waals surface area (Å²) in [5.41, 5.74) is -0.162. The van der Waals surface area contributed by atoms with Gasteiger partial charge in [-0.2, -0.15) is 0 Å². The molecular weight excluding hydrogens is 260 g/mol. The number of carbonyl (C=O) groups is 1. The molecule has 0 spiro atoms. The predicted molar refractivity (Wildman–Crippen MR) is 71.3 cm³/mol. The van der Waals surface area contributed by atoms with E-state index in [0.29, 0.717) is 12.4 Å². The highest BCUT2D eigenvalue weighted by molar-refractivity contribution is 5.84. The molecule has 0 saturated heterocycles. The predicted octanol–water partition coefficient (Wildman–Crippen LogP) is 2.76. The van der Waals surface area contributed by atoms with E-state index in [2.05, 4.69) is 9.97 Å². The molecule has 0 unspecified atom stereocenters. The van der Waals surface area contributed by atoms with Crippen molar-refractivity contribution in [3.05, 3.63) is 42.4 Å². The van der Waals surface area contributed by atoms with Crippen LogP contribution in [0.2, 0.25) is 0 Å². The molecule has 2 aromatic rings. The Kier molecular flexibility index (Phi) is 4.49. The second-order valence-corrected chi connectivity index (χ2v) is 3.97. The SMILES string of the molecule is CCCOc1ccc(Oc2cncc(C(=O)O)n2)cc1. The number of rotatable bonds is 6. The summed E-state index contributed by atoms with van der Waals surface area (Å²) >= 11 is 0. The Bertz CT molecular complexity index is 584. The van der Waals surface area contributed by atoms with E-state index in [1.54, 1.807) is 24.3 Å². The minimum Gasteiger partial charge on any atom is -0.494 e. The highest BCUT2D eigenvalue weighted by Crippen LogP contribution is 2.22. The minimum atomic E-state index is -1.15. The number of carboxylic acid groups (broad SMARTS) is 1. The molecule has 1 aromatic heterocycles. The molecule has 6 heteroatoms. The van der Waals surface area contributed by atoms with Gasteiger partial charge in [-0.15, -0.1) is 0 Å². The molecule has 0 atom stereocenters. The van der Waals surface area contributed by atoms with Crippen LogP contribution in [0.15, 0.2) is 36.7 Å². The molecule has 0 amide bonds. The van der Waals surface area contributed by atoms with Crippen LogP contribution in [0.1, 0.15) is 23.8 Å². The molecule has 0 fully saturated rings. The second kappa shape index (κ2) is 6.51. The fraction of sp³-hybridized carbons (Fsp3) is 0.214. The van der Waals surface area contributed by atoms with Crippen molar-refractivity contribution >= 4 is 5.97 Å². The van der Waals surface area contributed by atoms with Crippen molar-refractivity contribution in [1.82, 2.24) is 9.97 Å². The molecule has 0 saturated carbocycles. The zero-order chi connectivity index (χ0) is 14.4. The Morgan fingerprint density at radius 3 is 2.55 bits per heavy atom. The van der Waals surface area contributed by atoms with Crippen LogP contribution in [0.3, 0.4) is 0 Å². The van der Waals surface area contributed by atoms with Crippen molar-refractivity contribution in [3.8, 4) is 17.4 Å². The third-order valence-corrected chi connectivity index (χ3v) is 2.35. The highest BCUT2D eigenvalue weighted by atomic mass is 16.5. The summed E-state index contributed by atoms with van der Waals surface area (Å²) in [6, 6.07) is 7.00. The largest absolute Gasteiger partial charge is 0.494 e. The van der Waals surface area contributed by atoms with Crippen molar-refractivity contribution < 1.29 is 19.4 Å². The summed E-state index contributed by atoms with van der Waals surface area (Å²) in [4.78, 5) is 18.4. The molecule has 1 heterocycles. The number of aromatic carboxylic acids is 1. The van der Waals surface area contributed by atoms with E-state index >= 15 is 0 Å². The fourth-order valence-electron chi connectivity index (χ4n) is 1.44. The molecule has 20 heavy (non-hydrogen) atoms. The highest BCUT2D eigenvalue weighted by Gasteiger charge is 2.07. The number of hydrogen-bond acceptors (Lipinski definition) is 5. The van der Waals surface area contributed by atoms with E-state index in [1.165, 1.54) is 6.20 Å². The molecule has 2 rings (SSSR count). The smallest absolute Gasteiger partial charge is 0.356 e. The first kappa shape index (κ1) is 13.8. The zero-order valence-electron chi connectivity index (χ0n) is 10.9. The summed E-state index contributed by atoms with van der Waals surface area (Å²) in [7, 11) is 0. The van der Waals surface area contributed by atoms with Gasteiger partial charge in [-0.3, -0.25) is 4.98 Å². The third-order valence-electron chi connectivity index (χ3n) is 2.35. The Balaban J connectivity index is 2.06. The maximum Gasteiger partial charge on any atom is 0.356 e.